The van der Waals surface area contributed by atoms with Crippen molar-refractivity contribution in [1.29, 1.82) is 0 Å². The number of hydrogen-bond donors (Lipinski definition) is 2. The lowest BCUT2D eigenvalue weighted by Gasteiger charge is -2.30. The molecule has 8 heteroatoms. The molecule has 1 amide bonds. The Morgan fingerprint density at radius 3 is 2.80 bits per heavy atom. The Balaban J connectivity index is 1.24. The fourth-order valence-electron chi connectivity index (χ4n) is 6.71. The standard InChI is InChI=1S/C33H35N5O2S/c1-3-22-23(8-6-9-28(22)38-16-14-25-24-7-4-5-10-29(24)41-31(25)33(38)40)21-17-27(32(39)37(2)19-21)36-30-12-11-20-18-34-15-13-26(20)35-30/h6,8-9,11-12,17,19,34H,3-5,7,10,13-16,18H2,1-2H3,(H,35,36). The van der Waals surface area contributed by atoms with Gasteiger partial charge in [0.05, 0.1) is 4.88 Å². The molecule has 0 radical (unpaired) electrons. The van der Waals surface area contributed by atoms with Crippen LogP contribution in [0.4, 0.5) is 17.2 Å². The molecule has 1 aromatic carbocycles. The van der Waals surface area contributed by atoms with Crippen LogP contribution in [0.2, 0.25) is 0 Å². The van der Waals surface area contributed by atoms with Crippen molar-refractivity contribution in [2.24, 2.45) is 7.05 Å². The average Bonchev–Trinajstić information content (AvgIpc) is 3.39. The Hall–Kier alpha value is -3.75. The lowest BCUT2D eigenvalue weighted by molar-refractivity contribution is 0.0984. The molecular formula is C33H35N5O2S. The molecule has 0 saturated carbocycles. The Labute approximate surface area is 244 Å². The average molecular weight is 566 g/mol. The molecule has 0 unspecified atom stereocenters. The Kier molecular flexibility index (Phi) is 6.75. The van der Waals surface area contributed by atoms with Gasteiger partial charge in [0.2, 0.25) is 0 Å². The van der Waals surface area contributed by atoms with Gasteiger partial charge in [-0.1, -0.05) is 25.1 Å². The second kappa shape index (κ2) is 10.6. The fraction of sp³-hybridized carbons (Fsp3) is 0.364. The number of aromatic nitrogens is 2. The first-order chi connectivity index (χ1) is 20.0. The first-order valence-electron chi connectivity index (χ1n) is 14.8. The highest BCUT2D eigenvalue weighted by atomic mass is 32.1. The van der Waals surface area contributed by atoms with E-state index >= 15 is 0 Å². The van der Waals surface area contributed by atoms with Gasteiger partial charge in [-0.15, -0.1) is 11.3 Å². The van der Waals surface area contributed by atoms with Gasteiger partial charge in [0, 0.05) is 61.1 Å². The number of thiophene rings is 1. The monoisotopic (exact) mass is 565 g/mol. The summed E-state index contributed by atoms with van der Waals surface area (Å²) in [5.41, 5.74) is 9.49. The van der Waals surface area contributed by atoms with Crippen molar-refractivity contribution in [1.82, 2.24) is 14.9 Å². The second-order valence-corrected chi connectivity index (χ2v) is 12.4. The van der Waals surface area contributed by atoms with Crippen LogP contribution in [0.25, 0.3) is 11.1 Å². The van der Waals surface area contributed by atoms with E-state index in [0.717, 1.165) is 78.1 Å². The Morgan fingerprint density at radius 1 is 1.05 bits per heavy atom. The van der Waals surface area contributed by atoms with Gasteiger partial charge in [-0.3, -0.25) is 9.59 Å². The number of hydrogen-bond acceptors (Lipinski definition) is 6. The van der Waals surface area contributed by atoms with Gasteiger partial charge in [0.1, 0.15) is 11.5 Å². The number of benzene rings is 1. The number of nitrogens with one attached hydrogen (secondary N) is 2. The van der Waals surface area contributed by atoms with Crippen molar-refractivity contribution in [2.45, 2.75) is 58.4 Å². The number of aryl methyl sites for hydroxylation is 2. The third kappa shape index (κ3) is 4.59. The molecule has 7 nitrogen and oxygen atoms in total. The summed E-state index contributed by atoms with van der Waals surface area (Å²) in [5, 5.41) is 6.68. The van der Waals surface area contributed by atoms with Crippen LogP contribution in [0.3, 0.4) is 0 Å². The second-order valence-electron chi connectivity index (χ2n) is 11.3. The maximum absolute atomic E-state index is 13.9. The number of fused-ring (bicyclic) bond motifs is 4. The van der Waals surface area contributed by atoms with E-state index in [9.17, 15) is 9.59 Å². The van der Waals surface area contributed by atoms with Gasteiger partial charge in [-0.2, -0.15) is 0 Å². The SMILES string of the molecule is CCc1c(-c2cc(Nc3ccc4c(n3)CCNC4)c(=O)n(C)c2)cccc1N1CCc2c(sc3c2CCCC3)C1=O. The summed E-state index contributed by atoms with van der Waals surface area (Å²) in [5.74, 6) is 0.812. The minimum absolute atomic E-state index is 0.107. The van der Waals surface area contributed by atoms with E-state index in [0.29, 0.717) is 18.1 Å². The normalized spacial score (nSPS) is 16.2. The van der Waals surface area contributed by atoms with E-state index in [4.69, 9.17) is 4.98 Å². The smallest absolute Gasteiger partial charge is 0.274 e. The molecule has 0 atom stereocenters. The zero-order chi connectivity index (χ0) is 28.1. The first kappa shape index (κ1) is 26.2. The number of nitrogens with zero attached hydrogens (tertiary/aromatic N) is 3. The number of anilines is 3. The van der Waals surface area contributed by atoms with Crippen molar-refractivity contribution in [3.05, 3.63) is 90.7 Å². The number of carbonyl (C=O) groups is 1. The van der Waals surface area contributed by atoms with E-state index in [1.165, 1.54) is 34.4 Å². The Bertz CT molecular complexity index is 1740. The fourth-order valence-corrected chi connectivity index (χ4v) is 8.10. The van der Waals surface area contributed by atoms with Gasteiger partial charge < -0.3 is 20.1 Å². The first-order valence-corrected chi connectivity index (χ1v) is 15.6. The zero-order valence-electron chi connectivity index (χ0n) is 23.7. The topological polar surface area (TPSA) is 79.3 Å². The number of rotatable bonds is 5. The zero-order valence-corrected chi connectivity index (χ0v) is 24.5. The van der Waals surface area contributed by atoms with Crippen LogP contribution in [-0.2, 0) is 45.7 Å². The Morgan fingerprint density at radius 2 is 1.93 bits per heavy atom. The van der Waals surface area contributed by atoms with Crippen LogP contribution in [0.5, 0.6) is 0 Å². The van der Waals surface area contributed by atoms with Gasteiger partial charge in [0.25, 0.3) is 11.5 Å². The minimum Gasteiger partial charge on any atom is -0.336 e. The molecule has 4 aromatic rings. The summed E-state index contributed by atoms with van der Waals surface area (Å²) in [6.45, 7) is 4.57. The van der Waals surface area contributed by atoms with Crippen LogP contribution in [0, 0.1) is 0 Å². The van der Waals surface area contributed by atoms with Crippen LogP contribution in [0.15, 0.2) is 47.4 Å². The maximum atomic E-state index is 13.9. The van der Waals surface area contributed by atoms with Crippen LogP contribution in [-0.4, -0.2) is 28.5 Å². The highest BCUT2D eigenvalue weighted by Gasteiger charge is 2.33. The molecule has 0 saturated heterocycles. The molecule has 1 aliphatic carbocycles. The van der Waals surface area contributed by atoms with Gasteiger partial charge in [0.15, 0.2) is 0 Å². The summed E-state index contributed by atoms with van der Waals surface area (Å²) in [6, 6.07) is 12.1. The summed E-state index contributed by atoms with van der Waals surface area (Å²) >= 11 is 1.73. The van der Waals surface area contributed by atoms with E-state index in [1.54, 1.807) is 23.0 Å². The number of carbonyl (C=O) groups excluding carboxylic acids is 1. The molecule has 0 fully saturated rings. The summed E-state index contributed by atoms with van der Waals surface area (Å²) < 4.78 is 1.63. The molecule has 3 aliphatic rings. The van der Waals surface area contributed by atoms with Crippen molar-refractivity contribution in [3.63, 3.8) is 0 Å². The summed E-state index contributed by atoms with van der Waals surface area (Å²) in [6.07, 6.45) is 9.13. The molecule has 5 heterocycles. The van der Waals surface area contributed by atoms with Crippen molar-refractivity contribution in [2.75, 3.05) is 23.3 Å². The lowest BCUT2D eigenvalue weighted by Crippen LogP contribution is -2.37. The lowest BCUT2D eigenvalue weighted by atomic mass is 9.91. The van der Waals surface area contributed by atoms with E-state index < -0.39 is 0 Å². The molecular weight excluding hydrogens is 530 g/mol. The van der Waals surface area contributed by atoms with Crippen molar-refractivity contribution in [3.8, 4) is 11.1 Å². The van der Waals surface area contributed by atoms with Gasteiger partial charge >= 0.3 is 0 Å². The maximum Gasteiger partial charge on any atom is 0.274 e. The minimum atomic E-state index is -0.107. The predicted octanol–water partition coefficient (Wildman–Crippen LogP) is 5.54. The molecule has 0 bridgehead atoms. The molecule has 0 spiro atoms. The number of pyridine rings is 2. The van der Waals surface area contributed by atoms with Gasteiger partial charge in [-0.25, -0.2) is 4.98 Å². The molecule has 41 heavy (non-hydrogen) atoms. The van der Waals surface area contributed by atoms with E-state index in [-0.39, 0.29) is 11.5 Å². The third-order valence-corrected chi connectivity index (χ3v) is 10.1. The van der Waals surface area contributed by atoms with Crippen LogP contribution in [0.1, 0.15) is 62.3 Å². The van der Waals surface area contributed by atoms with Gasteiger partial charge in [-0.05, 0) is 84.5 Å². The largest absolute Gasteiger partial charge is 0.336 e. The van der Waals surface area contributed by atoms with Crippen LogP contribution < -0.4 is 21.1 Å². The molecule has 2 N–H and O–H groups in total. The van der Waals surface area contributed by atoms with Crippen molar-refractivity contribution >= 4 is 34.4 Å². The highest BCUT2D eigenvalue weighted by Crippen LogP contribution is 2.40. The van der Waals surface area contributed by atoms with E-state index in [1.807, 2.05) is 29.3 Å². The molecule has 3 aromatic heterocycles. The third-order valence-electron chi connectivity index (χ3n) is 8.78. The quantitative estimate of drug-likeness (QED) is 0.332. The summed E-state index contributed by atoms with van der Waals surface area (Å²) in [4.78, 5) is 36.2. The van der Waals surface area contributed by atoms with Crippen LogP contribution >= 0.6 is 11.3 Å². The highest BCUT2D eigenvalue weighted by molar-refractivity contribution is 7.14. The summed E-state index contributed by atoms with van der Waals surface area (Å²) in [7, 11) is 1.78. The molecule has 7 rings (SSSR count). The molecule has 210 valence electrons. The molecule has 2 aliphatic heterocycles. The predicted molar refractivity (Wildman–Crippen MR) is 166 cm³/mol. The number of amides is 1. The van der Waals surface area contributed by atoms with E-state index in [2.05, 4.69) is 35.8 Å². The van der Waals surface area contributed by atoms with Crippen molar-refractivity contribution < 1.29 is 4.79 Å².